The molecule has 2 aromatic rings. The first-order chi connectivity index (χ1) is 16.3. The van der Waals surface area contributed by atoms with Crippen molar-refractivity contribution in [1.29, 1.82) is 0 Å². The minimum Gasteiger partial charge on any atom is -0.453 e. The Balaban J connectivity index is 1.55. The molecular formula is C26H34N4O4. The number of urea groups is 1. The van der Waals surface area contributed by atoms with Gasteiger partial charge >= 0.3 is 6.03 Å². The molecule has 8 heteroatoms. The normalized spacial score (nSPS) is 14.6. The van der Waals surface area contributed by atoms with Crippen LogP contribution < -0.4 is 20.3 Å². The van der Waals surface area contributed by atoms with Crippen LogP contribution in [0.2, 0.25) is 0 Å². The van der Waals surface area contributed by atoms with Gasteiger partial charge in [-0.1, -0.05) is 0 Å². The number of amides is 2. The predicted molar refractivity (Wildman–Crippen MR) is 136 cm³/mol. The molecule has 0 spiro atoms. The number of anilines is 3. The summed E-state index contributed by atoms with van der Waals surface area (Å²) in [6.07, 6.45) is 3.37. The number of carbonyl (C=O) groups excluding carboxylic acids is 2. The van der Waals surface area contributed by atoms with E-state index in [0.717, 1.165) is 25.2 Å². The number of nitrogens with one attached hydrogen (secondary N) is 2. The highest BCUT2D eigenvalue weighted by molar-refractivity contribution is 6.13. The van der Waals surface area contributed by atoms with Crippen LogP contribution >= 0.6 is 0 Å². The highest BCUT2D eigenvalue weighted by atomic mass is 16.5. The van der Waals surface area contributed by atoms with E-state index in [0.29, 0.717) is 29.1 Å². The third kappa shape index (κ3) is 6.82. The molecule has 2 N–H and O–H groups in total. The number of hydrogen-bond acceptors (Lipinski definition) is 6. The fourth-order valence-electron chi connectivity index (χ4n) is 3.52. The van der Waals surface area contributed by atoms with Crippen molar-refractivity contribution in [2.24, 2.45) is 0 Å². The van der Waals surface area contributed by atoms with Crippen molar-refractivity contribution in [1.82, 2.24) is 4.90 Å². The number of carbonyl (C=O) groups is 2. The standard InChI is InChI=1S/C26H34N4O4/c1-18(33-5)7-13-24-25(31)22-17-20(10-14-23(22)34-24)28-26(32)27-19-8-11-21(12-9-19)30(4)16-6-15-29(2)3/h8-14,17-18H,6-7,15-16H2,1-5H3,(H2,27,28,32)/b24-13-. The van der Waals surface area contributed by atoms with Crippen molar-refractivity contribution < 1.29 is 19.1 Å². The van der Waals surface area contributed by atoms with E-state index in [9.17, 15) is 9.59 Å². The van der Waals surface area contributed by atoms with E-state index >= 15 is 0 Å². The van der Waals surface area contributed by atoms with Crippen LogP contribution in [0.1, 0.15) is 30.1 Å². The van der Waals surface area contributed by atoms with Gasteiger partial charge in [0.2, 0.25) is 5.78 Å². The van der Waals surface area contributed by atoms with Gasteiger partial charge in [-0.3, -0.25) is 4.79 Å². The summed E-state index contributed by atoms with van der Waals surface area (Å²) in [5, 5.41) is 5.60. The zero-order valence-corrected chi connectivity index (χ0v) is 20.6. The number of ether oxygens (including phenoxy) is 2. The number of allylic oxidation sites excluding steroid dienone is 1. The van der Waals surface area contributed by atoms with Crippen LogP contribution in [0.4, 0.5) is 21.9 Å². The number of hydrogen-bond donors (Lipinski definition) is 2. The second-order valence-electron chi connectivity index (χ2n) is 8.70. The highest BCUT2D eigenvalue weighted by Crippen LogP contribution is 2.33. The SMILES string of the molecule is COC(C)C/C=C1\Oc2ccc(NC(=O)Nc3ccc(N(C)CCCN(C)C)cc3)cc2C1=O. The van der Waals surface area contributed by atoms with Gasteiger partial charge in [-0.25, -0.2) is 4.79 Å². The molecule has 1 heterocycles. The summed E-state index contributed by atoms with van der Waals surface area (Å²) in [5.41, 5.74) is 2.71. The van der Waals surface area contributed by atoms with Gasteiger partial charge in [-0.15, -0.1) is 0 Å². The summed E-state index contributed by atoms with van der Waals surface area (Å²) in [6.45, 7) is 3.91. The van der Waals surface area contributed by atoms with E-state index in [-0.39, 0.29) is 23.7 Å². The zero-order valence-electron chi connectivity index (χ0n) is 20.6. The molecule has 0 aromatic heterocycles. The molecule has 1 atom stereocenters. The number of ketones is 1. The lowest BCUT2D eigenvalue weighted by molar-refractivity contribution is 0.101. The maximum Gasteiger partial charge on any atom is 0.323 e. The molecule has 0 fully saturated rings. The lowest BCUT2D eigenvalue weighted by Crippen LogP contribution is -2.23. The minimum atomic E-state index is -0.386. The number of Topliss-reactive ketones (excluding diaryl/α,β-unsaturated/α-hetero) is 1. The molecule has 1 aliphatic rings. The molecule has 3 rings (SSSR count). The molecule has 0 saturated carbocycles. The lowest BCUT2D eigenvalue weighted by atomic mass is 10.1. The Morgan fingerprint density at radius 1 is 1.06 bits per heavy atom. The second-order valence-corrected chi connectivity index (χ2v) is 8.70. The average molecular weight is 467 g/mol. The summed E-state index contributed by atoms with van der Waals surface area (Å²) in [4.78, 5) is 29.5. The van der Waals surface area contributed by atoms with Crippen LogP contribution in [0.15, 0.2) is 54.3 Å². The van der Waals surface area contributed by atoms with Crippen molar-refractivity contribution in [3.05, 3.63) is 59.9 Å². The van der Waals surface area contributed by atoms with Crippen LogP contribution in [0, 0.1) is 0 Å². The van der Waals surface area contributed by atoms with Crippen molar-refractivity contribution in [3.8, 4) is 5.75 Å². The summed E-state index contributed by atoms with van der Waals surface area (Å²) in [7, 11) is 7.82. The van der Waals surface area contributed by atoms with E-state index in [4.69, 9.17) is 9.47 Å². The molecule has 0 bridgehead atoms. The van der Waals surface area contributed by atoms with E-state index < -0.39 is 0 Å². The molecule has 34 heavy (non-hydrogen) atoms. The van der Waals surface area contributed by atoms with Crippen LogP contribution in [0.3, 0.4) is 0 Å². The van der Waals surface area contributed by atoms with Gasteiger partial charge in [0.25, 0.3) is 0 Å². The Morgan fingerprint density at radius 2 is 1.74 bits per heavy atom. The van der Waals surface area contributed by atoms with Crippen molar-refractivity contribution >= 4 is 28.9 Å². The first-order valence-electron chi connectivity index (χ1n) is 11.4. The van der Waals surface area contributed by atoms with E-state index in [1.165, 1.54) is 0 Å². The third-order valence-corrected chi connectivity index (χ3v) is 5.63. The molecule has 1 aliphatic heterocycles. The summed E-state index contributed by atoms with van der Waals surface area (Å²) < 4.78 is 10.9. The number of rotatable bonds is 10. The van der Waals surface area contributed by atoms with Crippen molar-refractivity contribution in [2.45, 2.75) is 25.9 Å². The second kappa shape index (κ2) is 11.7. The Morgan fingerprint density at radius 3 is 2.41 bits per heavy atom. The Hall–Kier alpha value is -3.36. The van der Waals surface area contributed by atoms with Crippen molar-refractivity contribution in [2.75, 3.05) is 56.9 Å². The van der Waals surface area contributed by atoms with Gasteiger partial charge in [0.05, 0.1) is 11.7 Å². The maximum atomic E-state index is 12.6. The Labute approximate surface area is 201 Å². The third-order valence-electron chi connectivity index (χ3n) is 5.63. The molecule has 8 nitrogen and oxygen atoms in total. The molecule has 0 saturated heterocycles. The van der Waals surface area contributed by atoms with Crippen LogP contribution in [0.5, 0.6) is 5.75 Å². The molecule has 0 radical (unpaired) electrons. The van der Waals surface area contributed by atoms with Crippen LogP contribution in [-0.4, -0.2) is 64.2 Å². The number of nitrogens with zero attached hydrogens (tertiary/aromatic N) is 2. The number of fused-ring (bicyclic) bond motifs is 1. The fraction of sp³-hybridized carbons (Fsp3) is 0.385. The number of methoxy groups -OCH3 is 1. The topological polar surface area (TPSA) is 83.1 Å². The Kier molecular flexibility index (Phi) is 8.67. The van der Waals surface area contributed by atoms with Gasteiger partial charge in [0.1, 0.15) is 5.75 Å². The Bertz CT molecular complexity index is 1030. The van der Waals surface area contributed by atoms with Gasteiger partial charge < -0.3 is 29.9 Å². The van der Waals surface area contributed by atoms with Gasteiger partial charge in [-0.2, -0.15) is 0 Å². The molecule has 182 valence electrons. The van der Waals surface area contributed by atoms with Crippen molar-refractivity contribution in [3.63, 3.8) is 0 Å². The maximum absolute atomic E-state index is 12.6. The van der Waals surface area contributed by atoms with E-state index in [2.05, 4.69) is 41.6 Å². The molecule has 2 amide bonds. The summed E-state index contributed by atoms with van der Waals surface area (Å²) >= 11 is 0. The lowest BCUT2D eigenvalue weighted by Gasteiger charge is -2.20. The predicted octanol–water partition coefficient (Wildman–Crippen LogP) is 4.60. The largest absolute Gasteiger partial charge is 0.453 e. The average Bonchev–Trinajstić information content (AvgIpc) is 3.12. The summed E-state index contributed by atoms with van der Waals surface area (Å²) in [6, 6.07) is 12.3. The molecule has 1 unspecified atom stereocenters. The zero-order chi connectivity index (χ0) is 24.7. The van der Waals surface area contributed by atoms with E-state index in [1.54, 1.807) is 31.4 Å². The molecule has 2 aromatic carbocycles. The van der Waals surface area contributed by atoms with Crippen LogP contribution in [-0.2, 0) is 4.74 Å². The minimum absolute atomic E-state index is 0.00826. The van der Waals surface area contributed by atoms with Gasteiger partial charge in [-0.05, 0) is 88.9 Å². The van der Waals surface area contributed by atoms with Crippen LogP contribution in [0.25, 0.3) is 0 Å². The fourth-order valence-corrected chi connectivity index (χ4v) is 3.52. The summed E-state index contributed by atoms with van der Waals surface area (Å²) in [5.74, 6) is 0.567. The highest BCUT2D eigenvalue weighted by Gasteiger charge is 2.27. The van der Waals surface area contributed by atoms with E-state index in [1.807, 2.05) is 31.2 Å². The van der Waals surface area contributed by atoms with Gasteiger partial charge in [0.15, 0.2) is 5.76 Å². The quantitative estimate of drug-likeness (QED) is 0.498. The molecule has 0 aliphatic carbocycles. The monoisotopic (exact) mass is 466 g/mol. The van der Waals surface area contributed by atoms with Gasteiger partial charge in [0, 0.05) is 37.8 Å². The number of benzene rings is 2. The smallest absolute Gasteiger partial charge is 0.323 e. The first kappa shape index (κ1) is 25.3. The molecular weight excluding hydrogens is 432 g/mol. The first-order valence-corrected chi connectivity index (χ1v) is 11.4.